The third-order valence-corrected chi connectivity index (χ3v) is 7.43. The fraction of sp³-hybridized carbons (Fsp3) is 0.250. The fourth-order valence-electron chi connectivity index (χ4n) is 4.36. The van der Waals surface area contributed by atoms with Gasteiger partial charge < -0.3 is 20.9 Å². The molecule has 0 bridgehead atoms. The van der Waals surface area contributed by atoms with Crippen LogP contribution in [-0.4, -0.2) is 51.8 Å². The number of aryl methyl sites for hydroxylation is 1. The van der Waals surface area contributed by atoms with Gasteiger partial charge in [0.15, 0.2) is 0 Å². The number of carbonyl (C=O) groups is 2. The average molecular weight is 528 g/mol. The van der Waals surface area contributed by atoms with E-state index in [0.717, 1.165) is 42.9 Å². The van der Waals surface area contributed by atoms with Crippen molar-refractivity contribution in [3.05, 3.63) is 88.1 Å². The summed E-state index contributed by atoms with van der Waals surface area (Å²) in [4.78, 5) is 41.5. The van der Waals surface area contributed by atoms with Gasteiger partial charge in [-0.15, -0.1) is 11.3 Å². The summed E-state index contributed by atoms with van der Waals surface area (Å²) in [5.41, 5.74) is 4.25. The number of thiophene rings is 1. The lowest BCUT2D eigenvalue weighted by molar-refractivity contribution is 0.101. The van der Waals surface area contributed by atoms with Crippen LogP contribution in [0.25, 0.3) is 0 Å². The number of nitrogens with zero attached hydrogens (tertiary/aromatic N) is 4. The van der Waals surface area contributed by atoms with Crippen LogP contribution in [0.2, 0.25) is 0 Å². The lowest BCUT2D eigenvalue weighted by Crippen LogP contribution is -2.29. The summed E-state index contributed by atoms with van der Waals surface area (Å²) >= 11 is 1.35. The largest absolute Gasteiger partial charge is 0.324 e. The van der Waals surface area contributed by atoms with Gasteiger partial charge in [0.2, 0.25) is 5.95 Å². The quantitative estimate of drug-likeness (QED) is 0.299. The number of hydrogen-bond acceptors (Lipinski definition) is 8. The minimum atomic E-state index is -0.333. The zero-order valence-electron chi connectivity index (χ0n) is 21.3. The minimum Gasteiger partial charge on any atom is -0.324 e. The Labute approximate surface area is 225 Å². The maximum Gasteiger partial charge on any atom is 0.265 e. The monoisotopic (exact) mass is 527 g/mol. The molecule has 0 unspecified atom stereocenters. The molecule has 10 heteroatoms. The third kappa shape index (κ3) is 6.21. The first-order valence-corrected chi connectivity index (χ1v) is 13.3. The number of carbonyl (C=O) groups excluding carboxylic acids is 2. The molecular weight excluding hydrogens is 498 g/mol. The highest BCUT2D eigenvalue weighted by Crippen LogP contribution is 2.28. The lowest BCUT2D eigenvalue weighted by atomic mass is 9.94. The standard InChI is InChI=1S/C28H29N7O2S/c1-18-5-6-21(15-24(18)34-28-30-10-7-23(33-28)19-8-11-35(2)12-9-19)31-26(36)20-14-22(17-29-16-20)32-27(37)25-4-3-13-38-25/h3-7,10,13-17,19H,8-9,11-12H2,1-2H3,(H,31,36)(H,32,37)(H,30,33,34). The molecule has 1 saturated heterocycles. The smallest absolute Gasteiger partial charge is 0.265 e. The summed E-state index contributed by atoms with van der Waals surface area (Å²) in [7, 11) is 2.15. The molecule has 9 nitrogen and oxygen atoms in total. The molecule has 0 spiro atoms. The van der Waals surface area contributed by atoms with Gasteiger partial charge in [-0.2, -0.15) is 0 Å². The molecule has 3 aromatic heterocycles. The van der Waals surface area contributed by atoms with Crippen molar-refractivity contribution in [2.75, 3.05) is 36.1 Å². The predicted molar refractivity (Wildman–Crippen MR) is 150 cm³/mol. The summed E-state index contributed by atoms with van der Waals surface area (Å²) in [6.45, 7) is 4.12. The summed E-state index contributed by atoms with van der Waals surface area (Å²) < 4.78 is 0. The van der Waals surface area contributed by atoms with Gasteiger partial charge >= 0.3 is 0 Å². The number of benzene rings is 1. The second-order valence-electron chi connectivity index (χ2n) is 9.39. The Hall–Kier alpha value is -4.15. The molecule has 0 aliphatic carbocycles. The minimum absolute atomic E-state index is 0.240. The fourth-order valence-corrected chi connectivity index (χ4v) is 4.97. The van der Waals surface area contributed by atoms with E-state index in [9.17, 15) is 9.59 Å². The molecule has 1 fully saturated rings. The molecule has 4 heterocycles. The molecule has 2 amide bonds. The zero-order valence-corrected chi connectivity index (χ0v) is 22.1. The van der Waals surface area contributed by atoms with Crippen molar-refractivity contribution in [3.8, 4) is 0 Å². The molecule has 0 atom stereocenters. The van der Waals surface area contributed by atoms with Crippen LogP contribution in [0, 0.1) is 6.92 Å². The van der Waals surface area contributed by atoms with Crippen LogP contribution >= 0.6 is 11.3 Å². The Morgan fingerprint density at radius 2 is 1.82 bits per heavy atom. The van der Waals surface area contributed by atoms with Gasteiger partial charge in [0.05, 0.1) is 22.3 Å². The Morgan fingerprint density at radius 1 is 1.00 bits per heavy atom. The first-order chi connectivity index (χ1) is 18.4. The molecule has 3 N–H and O–H groups in total. The SMILES string of the molecule is Cc1ccc(NC(=O)c2cncc(NC(=O)c3cccs3)c2)cc1Nc1nccc(C2CCN(C)CC2)n1. The number of likely N-dealkylation sites (tertiary alicyclic amines) is 1. The number of anilines is 4. The molecule has 0 radical (unpaired) electrons. The molecule has 4 aromatic rings. The van der Waals surface area contributed by atoms with Crippen LogP contribution in [0.1, 0.15) is 50.0 Å². The topological polar surface area (TPSA) is 112 Å². The van der Waals surface area contributed by atoms with E-state index in [1.807, 2.05) is 42.6 Å². The second kappa shape index (κ2) is 11.5. The molecule has 194 valence electrons. The Kier molecular flexibility index (Phi) is 7.71. The highest BCUT2D eigenvalue weighted by molar-refractivity contribution is 7.12. The van der Waals surface area contributed by atoms with E-state index in [4.69, 9.17) is 4.98 Å². The van der Waals surface area contributed by atoms with E-state index in [1.54, 1.807) is 18.3 Å². The maximum absolute atomic E-state index is 13.0. The first kappa shape index (κ1) is 25.5. The van der Waals surface area contributed by atoms with Gasteiger partial charge in [-0.05, 0) is 81.2 Å². The summed E-state index contributed by atoms with van der Waals surface area (Å²) in [6, 6.07) is 12.8. The highest BCUT2D eigenvalue weighted by atomic mass is 32.1. The van der Waals surface area contributed by atoms with Crippen LogP contribution < -0.4 is 16.0 Å². The van der Waals surface area contributed by atoms with Gasteiger partial charge in [0.25, 0.3) is 11.8 Å². The maximum atomic E-state index is 13.0. The Morgan fingerprint density at radius 3 is 2.61 bits per heavy atom. The van der Waals surface area contributed by atoms with Crippen molar-refractivity contribution in [1.29, 1.82) is 0 Å². The number of hydrogen-bond donors (Lipinski definition) is 3. The molecule has 1 aliphatic rings. The molecule has 5 rings (SSSR count). The molecular formula is C28H29N7O2S. The van der Waals surface area contributed by atoms with E-state index < -0.39 is 0 Å². The van der Waals surface area contributed by atoms with Gasteiger partial charge in [-0.1, -0.05) is 12.1 Å². The average Bonchev–Trinajstić information content (AvgIpc) is 3.47. The van der Waals surface area contributed by atoms with E-state index in [-0.39, 0.29) is 11.8 Å². The van der Waals surface area contributed by atoms with Crippen LogP contribution in [0.4, 0.5) is 23.0 Å². The number of aromatic nitrogens is 3. The molecule has 1 aromatic carbocycles. The van der Waals surface area contributed by atoms with Crippen molar-refractivity contribution in [3.63, 3.8) is 0 Å². The summed E-state index contributed by atoms with van der Waals surface area (Å²) in [6.07, 6.45) is 6.94. The number of nitrogens with one attached hydrogen (secondary N) is 3. The molecule has 1 aliphatic heterocycles. The van der Waals surface area contributed by atoms with Gasteiger partial charge in [0.1, 0.15) is 0 Å². The van der Waals surface area contributed by atoms with Crippen molar-refractivity contribution in [1.82, 2.24) is 19.9 Å². The van der Waals surface area contributed by atoms with E-state index in [2.05, 4.69) is 37.9 Å². The number of amides is 2. The Balaban J connectivity index is 1.26. The molecule has 38 heavy (non-hydrogen) atoms. The third-order valence-electron chi connectivity index (χ3n) is 6.56. The second-order valence-corrected chi connectivity index (χ2v) is 10.3. The van der Waals surface area contributed by atoms with Crippen LogP contribution in [-0.2, 0) is 0 Å². The van der Waals surface area contributed by atoms with Gasteiger partial charge in [0, 0.05) is 35.4 Å². The van der Waals surface area contributed by atoms with E-state index in [1.165, 1.54) is 23.7 Å². The number of rotatable bonds is 7. The van der Waals surface area contributed by atoms with E-state index >= 15 is 0 Å². The number of pyridine rings is 1. The number of piperidine rings is 1. The summed E-state index contributed by atoms with van der Waals surface area (Å²) in [5, 5.41) is 10.8. The van der Waals surface area contributed by atoms with Gasteiger partial charge in [-0.25, -0.2) is 9.97 Å². The van der Waals surface area contributed by atoms with Gasteiger partial charge in [-0.3, -0.25) is 14.6 Å². The van der Waals surface area contributed by atoms with Crippen molar-refractivity contribution in [2.45, 2.75) is 25.7 Å². The molecule has 0 saturated carbocycles. The van der Waals surface area contributed by atoms with Crippen molar-refractivity contribution >= 4 is 46.2 Å². The van der Waals surface area contributed by atoms with Crippen LogP contribution in [0.3, 0.4) is 0 Å². The zero-order chi connectivity index (χ0) is 26.5. The highest BCUT2D eigenvalue weighted by Gasteiger charge is 2.20. The summed E-state index contributed by atoms with van der Waals surface area (Å²) in [5.74, 6) is 0.392. The van der Waals surface area contributed by atoms with Crippen LogP contribution in [0.5, 0.6) is 0 Å². The Bertz CT molecular complexity index is 1430. The van der Waals surface area contributed by atoms with Crippen molar-refractivity contribution in [2.24, 2.45) is 0 Å². The van der Waals surface area contributed by atoms with Crippen LogP contribution in [0.15, 0.2) is 66.4 Å². The van der Waals surface area contributed by atoms with Crippen molar-refractivity contribution < 1.29 is 9.59 Å². The normalized spacial score (nSPS) is 14.2. The predicted octanol–water partition coefficient (Wildman–Crippen LogP) is 5.30. The van der Waals surface area contributed by atoms with E-state index in [0.29, 0.717) is 33.7 Å². The first-order valence-electron chi connectivity index (χ1n) is 12.4. The lowest BCUT2D eigenvalue weighted by Gasteiger charge is -2.28.